The summed E-state index contributed by atoms with van der Waals surface area (Å²) < 4.78 is 52.5. The molecule has 7 rings (SSSR count). The van der Waals surface area contributed by atoms with E-state index in [9.17, 15) is 9.90 Å². The van der Waals surface area contributed by atoms with Gasteiger partial charge in [-0.25, -0.2) is 0 Å². The molecule has 4 heterocycles. The van der Waals surface area contributed by atoms with Crippen molar-refractivity contribution in [2.75, 3.05) is 34.2 Å². The number of phenols is 1. The van der Waals surface area contributed by atoms with Crippen LogP contribution in [0.15, 0.2) is 24.3 Å². The molecular formula is C29H33NO11. The van der Waals surface area contributed by atoms with Crippen LogP contribution in [0.4, 0.5) is 0 Å². The fraction of sp³-hybridized carbons (Fsp3) is 0.552. The zero-order valence-corrected chi connectivity index (χ0v) is 22.9. The number of cyclic esters (lactones) is 1. The minimum Gasteiger partial charge on any atom is -0.502 e. The number of carbonyl (C=O) groups excluding carboxylic acids is 1. The van der Waals surface area contributed by atoms with E-state index in [0.29, 0.717) is 30.1 Å². The maximum Gasteiger partial charge on any atom is 0.310 e. The van der Waals surface area contributed by atoms with E-state index in [1.807, 2.05) is 19.1 Å². The molecule has 2 aromatic carbocycles. The van der Waals surface area contributed by atoms with E-state index < -0.39 is 24.2 Å². The molecule has 0 aromatic heterocycles. The van der Waals surface area contributed by atoms with Gasteiger partial charge in [-0.1, -0.05) is 0 Å². The summed E-state index contributed by atoms with van der Waals surface area (Å²) in [7, 11) is 2.92. The SMILES string of the molecule is COc1cc([C@@H]2c3cc4c(cc3[C@@H](O[C@H]3C[C@H](N)[C@@H]5OC(C)OC[C@H]5O3)[C@H]3COC(=O)[C@H]23)OCO4)cc(OC)c1O. The second-order valence-corrected chi connectivity index (χ2v) is 11.0. The molecule has 5 aliphatic rings. The van der Waals surface area contributed by atoms with Gasteiger partial charge in [0.1, 0.15) is 12.2 Å². The minimum atomic E-state index is -0.656. The van der Waals surface area contributed by atoms with Gasteiger partial charge in [0, 0.05) is 24.3 Å². The van der Waals surface area contributed by atoms with Gasteiger partial charge in [0.2, 0.25) is 12.5 Å². The highest BCUT2D eigenvalue weighted by Crippen LogP contribution is 2.57. The molecule has 12 nitrogen and oxygen atoms in total. The molecule has 9 atom stereocenters. The predicted octanol–water partition coefficient (Wildman–Crippen LogP) is 2.33. The number of aromatic hydroxyl groups is 1. The Morgan fingerprint density at radius 3 is 2.37 bits per heavy atom. The van der Waals surface area contributed by atoms with E-state index in [1.54, 1.807) is 12.1 Å². The number of rotatable bonds is 5. The number of benzene rings is 2. The average molecular weight is 572 g/mol. The van der Waals surface area contributed by atoms with Gasteiger partial charge in [-0.3, -0.25) is 4.79 Å². The highest BCUT2D eigenvalue weighted by molar-refractivity contribution is 5.79. The fourth-order valence-electron chi connectivity index (χ4n) is 6.80. The van der Waals surface area contributed by atoms with Crippen LogP contribution in [0.25, 0.3) is 0 Å². The smallest absolute Gasteiger partial charge is 0.310 e. The molecule has 3 saturated heterocycles. The Morgan fingerprint density at radius 1 is 0.951 bits per heavy atom. The Hall–Kier alpha value is -3.29. The summed E-state index contributed by atoms with van der Waals surface area (Å²) in [6.07, 6.45) is -1.83. The van der Waals surface area contributed by atoms with Crippen LogP contribution in [0.3, 0.4) is 0 Å². The molecule has 3 fully saturated rings. The van der Waals surface area contributed by atoms with Crippen molar-refractivity contribution in [2.45, 2.75) is 56.2 Å². The third-order valence-electron chi connectivity index (χ3n) is 8.70. The largest absolute Gasteiger partial charge is 0.502 e. The lowest BCUT2D eigenvalue weighted by Gasteiger charge is -2.46. The normalized spacial score (nSPS) is 35.2. The molecule has 0 saturated carbocycles. The minimum absolute atomic E-state index is 0.0895. The van der Waals surface area contributed by atoms with Gasteiger partial charge in [0.05, 0.1) is 39.5 Å². The molecule has 0 radical (unpaired) electrons. The highest BCUT2D eigenvalue weighted by Gasteiger charge is 2.54. The van der Waals surface area contributed by atoms with E-state index in [2.05, 4.69) is 0 Å². The molecule has 0 amide bonds. The summed E-state index contributed by atoms with van der Waals surface area (Å²) >= 11 is 0. The molecule has 41 heavy (non-hydrogen) atoms. The number of ether oxygens (including phenoxy) is 9. The van der Waals surface area contributed by atoms with Crippen LogP contribution in [-0.2, 0) is 28.5 Å². The molecule has 1 unspecified atom stereocenters. The van der Waals surface area contributed by atoms with E-state index in [4.69, 9.17) is 48.4 Å². The second kappa shape index (κ2) is 10.2. The van der Waals surface area contributed by atoms with Crippen LogP contribution in [-0.4, -0.2) is 76.1 Å². The van der Waals surface area contributed by atoms with Crippen molar-refractivity contribution in [1.82, 2.24) is 0 Å². The molecular weight excluding hydrogens is 538 g/mol. The van der Waals surface area contributed by atoms with Crippen LogP contribution in [0.1, 0.15) is 42.1 Å². The third kappa shape index (κ3) is 4.36. The summed E-state index contributed by atoms with van der Waals surface area (Å²) in [6, 6.07) is 6.91. The highest BCUT2D eigenvalue weighted by atomic mass is 16.7. The summed E-state index contributed by atoms with van der Waals surface area (Å²) in [5.41, 5.74) is 8.86. The quantitative estimate of drug-likeness (QED) is 0.508. The van der Waals surface area contributed by atoms with Crippen LogP contribution in [0, 0.1) is 11.8 Å². The summed E-state index contributed by atoms with van der Waals surface area (Å²) in [6.45, 7) is 2.44. The Kier molecular flexibility index (Phi) is 6.62. The van der Waals surface area contributed by atoms with Crippen LogP contribution < -0.4 is 24.7 Å². The first kappa shape index (κ1) is 26.6. The zero-order chi connectivity index (χ0) is 28.4. The molecule has 12 heteroatoms. The van der Waals surface area contributed by atoms with E-state index in [-0.39, 0.29) is 67.1 Å². The van der Waals surface area contributed by atoms with Crippen LogP contribution in [0.5, 0.6) is 28.7 Å². The Bertz CT molecular complexity index is 1330. The Labute approximate surface area is 236 Å². The number of esters is 1. The summed E-state index contributed by atoms with van der Waals surface area (Å²) in [4.78, 5) is 13.4. The van der Waals surface area contributed by atoms with Gasteiger partial charge < -0.3 is 53.5 Å². The van der Waals surface area contributed by atoms with Gasteiger partial charge in [0.15, 0.2) is 35.6 Å². The average Bonchev–Trinajstić information content (AvgIpc) is 3.59. The van der Waals surface area contributed by atoms with Gasteiger partial charge in [-0.2, -0.15) is 0 Å². The van der Waals surface area contributed by atoms with Crippen LogP contribution >= 0.6 is 0 Å². The second-order valence-electron chi connectivity index (χ2n) is 11.0. The molecule has 0 spiro atoms. The molecule has 4 aliphatic heterocycles. The number of hydrogen-bond acceptors (Lipinski definition) is 12. The van der Waals surface area contributed by atoms with Crippen molar-refractivity contribution < 1.29 is 52.5 Å². The number of methoxy groups -OCH3 is 2. The predicted molar refractivity (Wildman–Crippen MR) is 139 cm³/mol. The number of hydrogen-bond donors (Lipinski definition) is 2. The van der Waals surface area contributed by atoms with Crippen molar-refractivity contribution in [3.8, 4) is 28.7 Å². The van der Waals surface area contributed by atoms with E-state index in [1.165, 1.54) is 14.2 Å². The first-order chi connectivity index (χ1) is 19.9. The maximum absolute atomic E-state index is 13.4. The number of phenolic OH excluding ortho intramolecular Hbond substituents is 1. The third-order valence-corrected chi connectivity index (χ3v) is 8.70. The van der Waals surface area contributed by atoms with Crippen molar-refractivity contribution in [2.24, 2.45) is 17.6 Å². The molecule has 1 aliphatic carbocycles. The molecule has 220 valence electrons. The van der Waals surface area contributed by atoms with Gasteiger partial charge in [-0.05, 0) is 47.9 Å². The first-order valence-electron chi connectivity index (χ1n) is 13.7. The number of fused-ring (bicyclic) bond motifs is 4. The van der Waals surface area contributed by atoms with Gasteiger partial charge >= 0.3 is 5.97 Å². The fourth-order valence-corrected chi connectivity index (χ4v) is 6.80. The number of carbonyl (C=O) groups is 1. The lowest BCUT2D eigenvalue weighted by Crippen LogP contribution is -2.59. The lowest BCUT2D eigenvalue weighted by molar-refractivity contribution is -0.322. The van der Waals surface area contributed by atoms with Gasteiger partial charge in [-0.15, -0.1) is 0 Å². The summed E-state index contributed by atoms with van der Waals surface area (Å²) in [5, 5.41) is 10.6. The lowest BCUT2D eigenvalue weighted by atomic mass is 9.66. The van der Waals surface area contributed by atoms with Crippen molar-refractivity contribution in [1.29, 1.82) is 0 Å². The standard InChI is InChI=1S/C29H33NO11/c1-12-35-10-22-28(39-12)17(30)8-23(40-22)41-27-15-7-19-18(37-11-38-19)6-14(15)24(25-16(27)9-36-29(25)32)13-4-20(33-2)26(31)21(5-13)34-3/h4-7,12,16-17,22-25,27-28,31H,8-11,30H2,1-3H3/t12?,16-,17-,22+,23-,24+,25-,27+,28-/m0/s1. The Morgan fingerprint density at radius 2 is 1.66 bits per heavy atom. The molecule has 3 N–H and O–H groups in total. The van der Waals surface area contributed by atoms with Gasteiger partial charge in [0.25, 0.3) is 0 Å². The van der Waals surface area contributed by atoms with Crippen molar-refractivity contribution >= 4 is 5.97 Å². The van der Waals surface area contributed by atoms with Crippen molar-refractivity contribution in [3.05, 3.63) is 41.0 Å². The van der Waals surface area contributed by atoms with Crippen LogP contribution in [0.2, 0.25) is 0 Å². The Balaban J connectivity index is 1.30. The molecule has 0 bridgehead atoms. The summed E-state index contributed by atoms with van der Waals surface area (Å²) in [5.74, 6) is -0.260. The van der Waals surface area contributed by atoms with Crippen molar-refractivity contribution in [3.63, 3.8) is 0 Å². The van der Waals surface area contributed by atoms with E-state index >= 15 is 0 Å². The zero-order valence-electron chi connectivity index (χ0n) is 22.9. The monoisotopic (exact) mass is 571 g/mol. The molecule has 2 aromatic rings. The van der Waals surface area contributed by atoms with E-state index in [0.717, 1.165) is 11.1 Å². The topological polar surface area (TPSA) is 146 Å². The maximum atomic E-state index is 13.4. The first-order valence-corrected chi connectivity index (χ1v) is 13.7. The number of nitrogens with two attached hydrogens (primary N) is 1.